The molecule has 7 heteroatoms. The Balaban J connectivity index is 1.27. The van der Waals surface area contributed by atoms with Gasteiger partial charge in [-0.1, -0.05) is 121 Å². The summed E-state index contributed by atoms with van der Waals surface area (Å²) in [6.07, 6.45) is 2.92. The van der Waals surface area contributed by atoms with E-state index < -0.39 is 22.4 Å². The highest BCUT2D eigenvalue weighted by Crippen LogP contribution is 2.52. The fourth-order valence-corrected chi connectivity index (χ4v) is 8.09. The molecular formula is C42H46O7. The molecule has 4 aromatic rings. The molecule has 8 rings (SSSR count). The lowest BCUT2D eigenvalue weighted by Gasteiger charge is -2.50. The summed E-state index contributed by atoms with van der Waals surface area (Å²) >= 11 is 0. The summed E-state index contributed by atoms with van der Waals surface area (Å²) in [4.78, 5) is 0. The van der Waals surface area contributed by atoms with E-state index in [1.54, 1.807) is 0 Å². The smallest absolute Gasteiger partial charge is 0.117 e. The molecule has 0 radical (unpaired) electrons. The Morgan fingerprint density at radius 1 is 0.429 bits per heavy atom. The van der Waals surface area contributed by atoms with Crippen LogP contribution in [0.5, 0.6) is 0 Å². The molecule has 4 heterocycles. The van der Waals surface area contributed by atoms with Gasteiger partial charge in [-0.15, -0.1) is 0 Å². The van der Waals surface area contributed by atoms with Crippen molar-refractivity contribution in [1.82, 2.24) is 0 Å². The van der Waals surface area contributed by atoms with Gasteiger partial charge in [0.25, 0.3) is 0 Å². The molecule has 4 atom stereocenters. The van der Waals surface area contributed by atoms with Crippen LogP contribution >= 0.6 is 0 Å². The summed E-state index contributed by atoms with van der Waals surface area (Å²) in [5.41, 5.74) is -1.33. The fourth-order valence-electron chi connectivity index (χ4n) is 8.09. The van der Waals surface area contributed by atoms with Crippen molar-refractivity contribution in [3.63, 3.8) is 0 Å². The molecule has 4 unspecified atom stereocenters. The lowest BCUT2D eigenvalue weighted by molar-refractivity contribution is -0.215. The summed E-state index contributed by atoms with van der Waals surface area (Å²) in [7, 11) is 0. The molecular weight excluding hydrogens is 616 g/mol. The number of hydrogen-bond donors (Lipinski definition) is 2. The van der Waals surface area contributed by atoms with Crippen molar-refractivity contribution in [2.75, 3.05) is 26.4 Å². The van der Waals surface area contributed by atoms with Crippen molar-refractivity contribution >= 4 is 0 Å². The van der Waals surface area contributed by atoms with Crippen LogP contribution in [0.3, 0.4) is 0 Å². The van der Waals surface area contributed by atoms with E-state index in [0.717, 1.165) is 22.3 Å². The molecule has 49 heavy (non-hydrogen) atoms. The standard InChI is InChI=1S/C42H46O7/c43-41(31-13-5-1-6-14-31,32-15-7-2-8-16-32)29-39(21-35-25-45-35,22-36-26-46-36)49-40(23-37-27-47-37,24-38-28-48-38)30-42(44,33-17-9-3-10-18-33)34-19-11-4-12-20-34/h1-20,35-38,43-44H,21-30H2. The van der Waals surface area contributed by atoms with E-state index in [1.807, 2.05) is 121 Å². The number of rotatable bonds is 18. The van der Waals surface area contributed by atoms with Crippen molar-refractivity contribution in [3.05, 3.63) is 144 Å². The van der Waals surface area contributed by atoms with Gasteiger partial charge in [-0.2, -0.15) is 0 Å². The molecule has 4 aliphatic heterocycles. The molecule has 4 aliphatic rings. The van der Waals surface area contributed by atoms with Crippen LogP contribution in [0, 0.1) is 0 Å². The molecule has 0 aliphatic carbocycles. The first-order chi connectivity index (χ1) is 23.9. The van der Waals surface area contributed by atoms with Crippen molar-refractivity contribution in [2.45, 2.75) is 85.3 Å². The van der Waals surface area contributed by atoms with Crippen molar-refractivity contribution in [1.29, 1.82) is 0 Å². The van der Waals surface area contributed by atoms with Crippen LogP contribution in [0.15, 0.2) is 121 Å². The zero-order valence-electron chi connectivity index (χ0n) is 27.9. The second-order valence-electron chi connectivity index (χ2n) is 14.6. The van der Waals surface area contributed by atoms with Crippen LogP contribution < -0.4 is 0 Å². The number of aliphatic hydroxyl groups is 2. The number of hydrogen-bond acceptors (Lipinski definition) is 7. The van der Waals surface area contributed by atoms with E-state index in [9.17, 15) is 10.2 Å². The van der Waals surface area contributed by atoms with Gasteiger partial charge in [0.05, 0.1) is 62.0 Å². The average Bonchev–Trinajstić information content (AvgIpc) is 3.89. The van der Waals surface area contributed by atoms with Crippen LogP contribution in [-0.4, -0.2) is 72.3 Å². The molecule has 4 aromatic carbocycles. The van der Waals surface area contributed by atoms with Gasteiger partial charge < -0.3 is 33.9 Å². The first-order valence-corrected chi connectivity index (χ1v) is 17.7. The van der Waals surface area contributed by atoms with E-state index in [2.05, 4.69) is 0 Å². The second kappa shape index (κ2) is 13.4. The molecule has 4 fully saturated rings. The van der Waals surface area contributed by atoms with Crippen LogP contribution in [0.4, 0.5) is 0 Å². The molecule has 2 N–H and O–H groups in total. The van der Waals surface area contributed by atoms with Crippen molar-refractivity contribution in [3.8, 4) is 0 Å². The van der Waals surface area contributed by atoms with Gasteiger partial charge >= 0.3 is 0 Å². The zero-order valence-corrected chi connectivity index (χ0v) is 27.9. The third-order valence-corrected chi connectivity index (χ3v) is 10.6. The van der Waals surface area contributed by atoms with Gasteiger partial charge in [-0.3, -0.25) is 0 Å². The summed E-state index contributed by atoms with van der Waals surface area (Å²) in [5.74, 6) is 0. The van der Waals surface area contributed by atoms with Crippen molar-refractivity contribution in [2.24, 2.45) is 0 Å². The average molecular weight is 663 g/mol. The third-order valence-electron chi connectivity index (χ3n) is 10.6. The predicted molar refractivity (Wildman–Crippen MR) is 185 cm³/mol. The highest BCUT2D eigenvalue weighted by Gasteiger charge is 2.57. The summed E-state index contributed by atoms with van der Waals surface area (Å²) in [6, 6.07) is 39.6. The Labute approximate surface area is 288 Å². The van der Waals surface area contributed by atoms with E-state index in [0.29, 0.717) is 52.1 Å². The van der Waals surface area contributed by atoms with Gasteiger partial charge in [0, 0.05) is 38.5 Å². The second-order valence-corrected chi connectivity index (χ2v) is 14.6. The maximum atomic E-state index is 13.1. The molecule has 0 aromatic heterocycles. The van der Waals surface area contributed by atoms with Gasteiger partial charge in [-0.25, -0.2) is 0 Å². The molecule has 0 saturated carbocycles. The largest absolute Gasteiger partial charge is 0.380 e. The van der Waals surface area contributed by atoms with Gasteiger partial charge in [0.1, 0.15) is 11.2 Å². The maximum absolute atomic E-state index is 13.1. The predicted octanol–water partition coefficient (Wildman–Crippen LogP) is 6.29. The molecule has 256 valence electrons. The van der Waals surface area contributed by atoms with Crippen molar-refractivity contribution < 1.29 is 33.9 Å². The molecule has 4 saturated heterocycles. The fraction of sp³-hybridized carbons (Fsp3) is 0.429. The Hall–Kier alpha value is -3.40. The lowest BCUT2D eigenvalue weighted by Crippen LogP contribution is -2.54. The number of ether oxygens (including phenoxy) is 5. The Morgan fingerprint density at radius 2 is 0.653 bits per heavy atom. The van der Waals surface area contributed by atoms with Gasteiger partial charge in [0.2, 0.25) is 0 Å². The zero-order chi connectivity index (χ0) is 33.4. The normalized spacial score (nSPS) is 25.2. The first kappa shape index (κ1) is 32.8. The topological polar surface area (TPSA) is 99.8 Å². The van der Waals surface area contributed by atoms with Crippen LogP contribution in [0.25, 0.3) is 0 Å². The quantitative estimate of drug-likeness (QED) is 0.121. The Bertz CT molecular complexity index is 1420. The van der Waals surface area contributed by atoms with E-state index in [1.165, 1.54) is 0 Å². The van der Waals surface area contributed by atoms with Crippen LogP contribution in [0.1, 0.15) is 60.8 Å². The minimum atomic E-state index is -1.38. The monoisotopic (exact) mass is 662 g/mol. The first-order valence-electron chi connectivity index (χ1n) is 17.7. The minimum absolute atomic E-state index is 0.00345. The number of benzene rings is 4. The lowest BCUT2D eigenvalue weighted by atomic mass is 9.71. The highest BCUT2D eigenvalue weighted by atomic mass is 16.6. The van der Waals surface area contributed by atoms with E-state index in [4.69, 9.17) is 23.7 Å². The Kier molecular flexibility index (Phi) is 8.95. The minimum Gasteiger partial charge on any atom is -0.380 e. The number of epoxide rings is 4. The molecule has 0 spiro atoms. The Morgan fingerprint density at radius 3 is 0.857 bits per heavy atom. The summed E-state index contributed by atoms with van der Waals surface area (Å²) < 4.78 is 31.6. The summed E-state index contributed by atoms with van der Waals surface area (Å²) in [5, 5.41) is 26.1. The summed E-state index contributed by atoms with van der Waals surface area (Å²) in [6.45, 7) is 2.59. The molecule has 0 bridgehead atoms. The SMILES string of the molecule is OC(CC(CC1CO1)(CC1CO1)OC(CC1CO1)(CC1CO1)CC(O)(c1ccccc1)c1ccccc1)(c1ccccc1)c1ccccc1. The maximum Gasteiger partial charge on any atom is 0.117 e. The van der Waals surface area contributed by atoms with Gasteiger partial charge in [0.15, 0.2) is 0 Å². The molecule has 7 nitrogen and oxygen atoms in total. The van der Waals surface area contributed by atoms with Crippen LogP contribution in [0.2, 0.25) is 0 Å². The molecule has 0 amide bonds. The highest BCUT2D eigenvalue weighted by molar-refractivity contribution is 5.38. The van der Waals surface area contributed by atoms with E-state index in [-0.39, 0.29) is 37.3 Å². The van der Waals surface area contributed by atoms with Gasteiger partial charge in [-0.05, 0) is 22.3 Å². The van der Waals surface area contributed by atoms with E-state index >= 15 is 0 Å². The third kappa shape index (κ3) is 7.69. The van der Waals surface area contributed by atoms with Crippen LogP contribution in [-0.2, 0) is 34.9 Å².